The highest BCUT2D eigenvalue weighted by atomic mass is 28.3. The van der Waals surface area contributed by atoms with Crippen LogP contribution >= 0.6 is 0 Å². The quantitative estimate of drug-likeness (QED) is 0.530. The van der Waals surface area contributed by atoms with Crippen molar-refractivity contribution in [3.8, 4) is 0 Å². The van der Waals surface area contributed by atoms with Crippen molar-refractivity contribution in [3.05, 3.63) is 0 Å². The number of carbonyl (C=O) groups is 1. The van der Waals surface area contributed by atoms with E-state index in [2.05, 4.69) is 25.0 Å². The lowest BCUT2D eigenvalue weighted by atomic mass is 9.83. The Hall–Kier alpha value is -0.553. The first kappa shape index (κ1) is 18.5. The van der Waals surface area contributed by atoms with Crippen molar-refractivity contribution in [2.24, 2.45) is 11.7 Å². The van der Waals surface area contributed by atoms with Crippen LogP contribution in [0.3, 0.4) is 0 Å². The lowest BCUT2D eigenvalue weighted by Crippen LogP contribution is -2.33. The summed E-state index contributed by atoms with van der Waals surface area (Å²) in [6.07, 6.45) is 8.27. The highest BCUT2D eigenvalue weighted by Crippen LogP contribution is 2.27. The summed E-state index contributed by atoms with van der Waals surface area (Å²) in [5.41, 5.74) is 6.25. The van der Waals surface area contributed by atoms with Gasteiger partial charge < -0.3 is 15.8 Å². The van der Waals surface area contributed by atoms with Crippen molar-refractivity contribution in [1.29, 1.82) is 0 Å². The number of rotatable bonds is 8. The lowest BCUT2D eigenvalue weighted by molar-refractivity contribution is 0.151. The maximum Gasteiger partial charge on any atom is 0.407 e. The zero-order valence-corrected chi connectivity index (χ0v) is 15.1. The highest BCUT2D eigenvalue weighted by molar-refractivity contribution is 6.76. The first-order valence-corrected chi connectivity index (χ1v) is 12.3. The molecule has 0 aromatic carbocycles. The van der Waals surface area contributed by atoms with Crippen LogP contribution in [0.2, 0.25) is 25.7 Å². The van der Waals surface area contributed by atoms with Gasteiger partial charge in [0.05, 0.1) is 6.61 Å². The molecular formula is C16H34N2O2Si. The minimum atomic E-state index is -1.12. The Bertz CT molecular complexity index is 299. The second-order valence-corrected chi connectivity index (χ2v) is 13.2. The summed E-state index contributed by atoms with van der Waals surface area (Å²) >= 11 is 0. The minimum absolute atomic E-state index is 0.278. The monoisotopic (exact) mass is 314 g/mol. The third-order valence-electron chi connectivity index (χ3n) is 4.32. The summed E-state index contributed by atoms with van der Waals surface area (Å²) < 4.78 is 5.19. The van der Waals surface area contributed by atoms with Crippen molar-refractivity contribution < 1.29 is 9.53 Å². The SMILES string of the molecule is C[Si](C)(C)CCOC(=O)NCCC[C@H](N)C1CCCCC1. The zero-order chi connectivity index (χ0) is 15.7. The van der Waals surface area contributed by atoms with Crippen LogP contribution < -0.4 is 11.1 Å². The van der Waals surface area contributed by atoms with Gasteiger partial charge in [0.15, 0.2) is 0 Å². The zero-order valence-electron chi connectivity index (χ0n) is 14.1. The number of hydrogen-bond donors (Lipinski definition) is 2. The van der Waals surface area contributed by atoms with Crippen LogP contribution in [0.4, 0.5) is 4.79 Å². The molecule has 1 aliphatic carbocycles. The summed E-state index contributed by atoms with van der Waals surface area (Å²) in [6.45, 7) is 8.05. The average molecular weight is 315 g/mol. The molecule has 0 heterocycles. The van der Waals surface area contributed by atoms with Crippen LogP contribution in [-0.4, -0.2) is 33.4 Å². The van der Waals surface area contributed by atoms with Gasteiger partial charge in [-0.15, -0.1) is 0 Å². The Morgan fingerprint density at radius 2 is 1.95 bits per heavy atom. The molecule has 1 aliphatic rings. The molecule has 1 rings (SSSR count). The van der Waals surface area contributed by atoms with Gasteiger partial charge in [-0.1, -0.05) is 38.9 Å². The fourth-order valence-electron chi connectivity index (χ4n) is 2.83. The van der Waals surface area contributed by atoms with Crippen LogP contribution in [-0.2, 0) is 4.74 Å². The van der Waals surface area contributed by atoms with Crippen molar-refractivity contribution >= 4 is 14.2 Å². The van der Waals surface area contributed by atoms with Crippen LogP contribution in [0.1, 0.15) is 44.9 Å². The number of alkyl carbamates (subject to hydrolysis) is 1. The molecule has 0 aromatic rings. The van der Waals surface area contributed by atoms with Crippen molar-refractivity contribution in [3.63, 3.8) is 0 Å². The average Bonchev–Trinajstić information content (AvgIpc) is 2.43. The fraction of sp³-hybridized carbons (Fsp3) is 0.938. The summed E-state index contributed by atoms with van der Waals surface area (Å²) in [6, 6.07) is 1.32. The second kappa shape index (κ2) is 9.46. The normalized spacial score (nSPS) is 18.3. The highest BCUT2D eigenvalue weighted by Gasteiger charge is 2.20. The van der Waals surface area contributed by atoms with E-state index in [4.69, 9.17) is 10.5 Å². The van der Waals surface area contributed by atoms with Gasteiger partial charge in [-0.25, -0.2) is 4.79 Å². The Morgan fingerprint density at radius 1 is 1.29 bits per heavy atom. The van der Waals surface area contributed by atoms with E-state index >= 15 is 0 Å². The molecule has 0 saturated heterocycles. The van der Waals surface area contributed by atoms with Crippen LogP contribution in [0.5, 0.6) is 0 Å². The first-order chi connectivity index (χ1) is 9.88. The third kappa shape index (κ3) is 9.14. The number of nitrogens with two attached hydrogens (primary N) is 1. The molecule has 124 valence electrons. The maximum absolute atomic E-state index is 11.5. The Balaban J connectivity index is 2.01. The number of nitrogens with one attached hydrogen (secondary N) is 1. The standard InChI is InChI=1S/C16H34N2O2Si/c1-21(2,3)13-12-20-16(19)18-11-7-10-15(17)14-8-5-4-6-9-14/h14-15H,4-13,17H2,1-3H3,(H,18,19)/t15-/m0/s1. The second-order valence-electron chi connectivity index (χ2n) is 7.58. The van der Waals surface area contributed by atoms with Gasteiger partial charge in [0.1, 0.15) is 0 Å². The third-order valence-corrected chi connectivity index (χ3v) is 6.03. The van der Waals surface area contributed by atoms with E-state index in [0.29, 0.717) is 25.1 Å². The molecule has 0 bridgehead atoms. The van der Waals surface area contributed by atoms with Crippen LogP contribution in [0.15, 0.2) is 0 Å². The molecule has 0 unspecified atom stereocenters. The van der Waals surface area contributed by atoms with E-state index in [1.807, 2.05) is 0 Å². The summed E-state index contributed by atoms with van der Waals surface area (Å²) in [5, 5.41) is 2.83. The molecule has 0 aliphatic heterocycles. The molecule has 0 aromatic heterocycles. The number of amides is 1. The van der Waals surface area contributed by atoms with Crippen molar-refractivity contribution in [2.75, 3.05) is 13.2 Å². The molecule has 1 saturated carbocycles. The van der Waals surface area contributed by atoms with Crippen molar-refractivity contribution in [1.82, 2.24) is 5.32 Å². The van der Waals surface area contributed by atoms with Gasteiger partial charge in [-0.3, -0.25) is 0 Å². The number of carbonyl (C=O) groups excluding carboxylic acids is 1. The molecule has 1 fully saturated rings. The fourth-order valence-corrected chi connectivity index (χ4v) is 3.54. The van der Waals surface area contributed by atoms with E-state index in [1.165, 1.54) is 32.1 Å². The van der Waals surface area contributed by atoms with E-state index in [-0.39, 0.29) is 6.09 Å². The van der Waals surface area contributed by atoms with E-state index in [0.717, 1.165) is 18.9 Å². The smallest absolute Gasteiger partial charge is 0.407 e. The summed E-state index contributed by atoms with van der Waals surface area (Å²) in [4.78, 5) is 11.5. The van der Waals surface area contributed by atoms with Gasteiger partial charge in [-0.05, 0) is 37.6 Å². The Kier molecular flexibility index (Phi) is 8.33. The predicted molar refractivity (Wildman–Crippen MR) is 91.3 cm³/mol. The van der Waals surface area contributed by atoms with E-state index in [9.17, 15) is 4.79 Å². The summed E-state index contributed by atoms with van der Waals surface area (Å²) in [7, 11) is -1.12. The molecule has 5 heteroatoms. The largest absolute Gasteiger partial charge is 0.450 e. The van der Waals surface area contributed by atoms with Crippen LogP contribution in [0.25, 0.3) is 0 Å². The van der Waals surface area contributed by atoms with E-state index in [1.54, 1.807) is 0 Å². The van der Waals surface area contributed by atoms with Gasteiger partial charge in [0.2, 0.25) is 0 Å². The summed E-state index contributed by atoms with van der Waals surface area (Å²) in [5.74, 6) is 0.697. The number of ether oxygens (including phenoxy) is 1. The topological polar surface area (TPSA) is 64.3 Å². The molecule has 1 atom stereocenters. The van der Waals surface area contributed by atoms with Gasteiger partial charge >= 0.3 is 6.09 Å². The molecular weight excluding hydrogens is 280 g/mol. The molecule has 21 heavy (non-hydrogen) atoms. The van der Waals surface area contributed by atoms with Gasteiger partial charge in [0, 0.05) is 20.7 Å². The molecule has 0 radical (unpaired) electrons. The van der Waals surface area contributed by atoms with Gasteiger partial charge in [0.25, 0.3) is 0 Å². The Morgan fingerprint density at radius 3 is 2.57 bits per heavy atom. The molecule has 1 amide bonds. The molecule has 0 spiro atoms. The van der Waals surface area contributed by atoms with Crippen LogP contribution in [0, 0.1) is 5.92 Å². The Labute approximate surface area is 131 Å². The van der Waals surface area contributed by atoms with E-state index < -0.39 is 8.07 Å². The predicted octanol–water partition coefficient (Wildman–Crippen LogP) is 3.74. The first-order valence-electron chi connectivity index (χ1n) is 8.55. The van der Waals surface area contributed by atoms with Crippen molar-refractivity contribution in [2.45, 2.75) is 76.7 Å². The molecule has 4 nitrogen and oxygen atoms in total. The maximum atomic E-state index is 11.5. The molecule has 3 N–H and O–H groups in total. The van der Waals surface area contributed by atoms with Gasteiger partial charge in [-0.2, -0.15) is 0 Å². The number of hydrogen-bond acceptors (Lipinski definition) is 3. The lowest BCUT2D eigenvalue weighted by Gasteiger charge is -2.27. The minimum Gasteiger partial charge on any atom is -0.450 e.